The first-order chi connectivity index (χ1) is 12.1. The Bertz CT molecular complexity index is 741. The van der Waals surface area contributed by atoms with Gasteiger partial charge in [-0.05, 0) is 18.1 Å². The van der Waals surface area contributed by atoms with Crippen molar-refractivity contribution in [3.63, 3.8) is 0 Å². The van der Waals surface area contributed by atoms with Crippen molar-refractivity contribution in [2.75, 3.05) is 31.1 Å². The van der Waals surface area contributed by atoms with Crippen LogP contribution in [0.5, 0.6) is 0 Å². The second-order valence-electron chi connectivity index (χ2n) is 6.10. The van der Waals surface area contributed by atoms with Crippen LogP contribution in [0.25, 0.3) is 0 Å². The number of hydrogen-bond acceptors (Lipinski definition) is 4. The summed E-state index contributed by atoms with van der Waals surface area (Å²) in [5, 5.41) is 11.2. The fraction of sp³-hybridized carbons (Fsp3) is 0.316. The lowest BCUT2D eigenvalue weighted by Crippen LogP contribution is -2.49. The topological polar surface area (TPSA) is 66.7 Å². The minimum atomic E-state index is -0.354. The van der Waals surface area contributed by atoms with Crippen LogP contribution in [0.1, 0.15) is 12.0 Å². The standard InChI is InChI=1S/C19H21N3O3/c23-19(11-10-16-6-2-1-3-7-16)21-14-12-20(13-15-21)17-8-4-5-9-18(17)22(24)25/h1-9H,10-15H2. The van der Waals surface area contributed by atoms with Gasteiger partial charge >= 0.3 is 0 Å². The van der Waals surface area contributed by atoms with Crippen LogP contribution in [0.4, 0.5) is 11.4 Å². The van der Waals surface area contributed by atoms with Crippen molar-refractivity contribution < 1.29 is 9.72 Å². The zero-order valence-electron chi connectivity index (χ0n) is 14.0. The predicted octanol–water partition coefficient (Wildman–Crippen LogP) is 2.88. The van der Waals surface area contributed by atoms with Gasteiger partial charge in [-0.3, -0.25) is 14.9 Å². The van der Waals surface area contributed by atoms with Crippen molar-refractivity contribution in [3.05, 3.63) is 70.3 Å². The first-order valence-electron chi connectivity index (χ1n) is 8.45. The molecule has 1 amide bonds. The molecule has 25 heavy (non-hydrogen) atoms. The van der Waals surface area contributed by atoms with E-state index in [2.05, 4.69) is 0 Å². The average Bonchev–Trinajstić information content (AvgIpc) is 2.67. The van der Waals surface area contributed by atoms with Gasteiger partial charge in [-0.2, -0.15) is 0 Å². The summed E-state index contributed by atoms with van der Waals surface area (Å²) in [6, 6.07) is 16.7. The van der Waals surface area contributed by atoms with Crippen LogP contribution >= 0.6 is 0 Å². The highest BCUT2D eigenvalue weighted by molar-refractivity contribution is 5.77. The van der Waals surface area contributed by atoms with Crippen molar-refractivity contribution in [3.8, 4) is 0 Å². The van der Waals surface area contributed by atoms with Gasteiger partial charge < -0.3 is 9.80 Å². The Morgan fingerprint density at radius 2 is 1.60 bits per heavy atom. The molecule has 0 radical (unpaired) electrons. The normalized spacial score (nSPS) is 14.4. The number of aryl methyl sites for hydroxylation is 1. The molecule has 0 N–H and O–H groups in total. The summed E-state index contributed by atoms with van der Waals surface area (Å²) in [6.07, 6.45) is 1.24. The van der Waals surface area contributed by atoms with Gasteiger partial charge in [0.15, 0.2) is 0 Å². The Kier molecular flexibility index (Phi) is 5.28. The third-order valence-corrected chi connectivity index (χ3v) is 4.52. The Morgan fingerprint density at radius 1 is 0.960 bits per heavy atom. The monoisotopic (exact) mass is 339 g/mol. The molecule has 1 aliphatic rings. The van der Waals surface area contributed by atoms with Crippen LogP contribution in [0, 0.1) is 10.1 Å². The molecule has 0 saturated carbocycles. The molecule has 6 heteroatoms. The Balaban J connectivity index is 1.55. The van der Waals surface area contributed by atoms with Gasteiger partial charge in [-0.25, -0.2) is 0 Å². The van der Waals surface area contributed by atoms with Gasteiger partial charge in [0.2, 0.25) is 5.91 Å². The van der Waals surface area contributed by atoms with E-state index >= 15 is 0 Å². The Labute approximate surface area is 146 Å². The van der Waals surface area contributed by atoms with E-state index in [0.29, 0.717) is 38.3 Å². The quantitative estimate of drug-likeness (QED) is 0.620. The first-order valence-corrected chi connectivity index (χ1v) is 8.45. The number of amides is 1. The molecule has 130 valence electrons. The molecule has 0 unspecified atom stereocenters. The fourth-order valence-electron chi connectivity index (χ4n) is 3.14. The molecule has 1 fully saturated rings. The number of nitro groups is 1. The lowest BCUT2D eigenvalue weighted by molar-refractivity contribution is -0.384. The smallest absolute Gasteiger partial charge is 0.292 e. The molecule has 1 heterocycles. The van der Waals surface area contributed by atoms with Crippen molar-refractivity contribution in [1.82, 2.24) is 4.90 Å². The number of rotatable bonds is 5. The molecule has 2 aromatic rings. The molecule has 0 bridgehead atoms. The summed E-state index contributed by atoms with van der Waals surface area (Å²) in [7, 11) is 0. The summed E-state index contributed by atoms with van der Waals surface area (Å²) in [6.45, 7) is 2.42. The van der Waals surface area contributed by atoms with Gasteiger partial charge in [0.1, 0.15) is 5.69 Å². The third-order valence-electron chi connectivity index (χ3n) is 4.52. The average molecular weight is 339 g/mol. The summed E-state index contributed by atoms with van der Waals surface area (Å²) in [4.78, 5) is 27.0. The number of piperazine rings is 1. The second-order valence-corrected chi connectivity index (χ2v) is 6.10. The molecular formula is C19H21N3O3. The van der Waals surface area contributed by atoms with E-state index in [0.717, 1.165) is 12.0 Å². The van der Waals surface area contributed by atoms with Crippen LogP contribution in [-0.2, 0) is 11.2 Å². The Hall–Kier alpha value is -2.89. The van der Waals surface area contributed by atoms with Crippen LogP contribution in [0.15, 0.2) is 54.6 Å². The number of hydrogen-bond donors (Lipinski definition) is 0. The first kappa shape index (κ1) is 17.0. The highest BCUT2D eigenvalue weighted by Gasteiger charge is 2.25. The highest BCUT2D eigenvalue weighted by Crippen LogP contribution is 2.28. The molecule has 0 atom stereocenters. The molecule has 0 aromatic heterocycles. The van der Waals surface area contributed by atoms with Gasteiger partial charge in [-0.15, -0.1) is 0 Å². The van der Waals surface area contributed by atoms with Gasteiger partial charge in [0.25, 0.3) is 5.69 Å². The number of carbonyl (C=O) groups is 1. The molecule has 3 rings (SSSR count). The summed E-state index contributed by atoms with van der Waals surface area (Å²) in [5.41, 5.74) is 1.91. The summed E-state index contributed by atoms with van der Waals surface area (Å²) >= 11 is 0. The van der Waals surface area contributed by atoms with E-state index in [1.807, 2.05) is 40.1 Å². The predicted molar refractivity (Wildman–Crippen MR) is 96.7 cm³/mol. The fourth-order valence-corrected chi connectivity index (χ4v) is 3.14. The third kappa shape index (κ3) is 4.15. The maximum absolute atomic E-state index is 12.4. The number of anilines is 1. The number of para-hydroxylation sites is 2. The van der Waals surface area contributed by atoms with Crippen molar-refractivity contribution in [2.45, 2.75) is 12.8 Å². The Morgan fingerprint density at radius 3 is 2.28 bits per heavy atom. The summed E-state index contributed by atoms with van der Waals surface area (Å²) in [5.74, 6) is 0.145. The van der Waals surface area contributed by atoms with Crippen LogP contribution in [-0.4, -0.2) is 41.9 Å². The molecule has 2 aromatic carbocycles. The molecule has 1 aliphatic heterocycles. The number of nitro benzene ring substituents is 1. The van der Waals surface area contributed by atoms with Gasteiger partial charge in [0.05, 0.1) is 4.92 Å². The lowest BCUT2D eigenvalue weighted by atomic mass is 10.1. The second kappa shape index (κ2) is 7.79. The van der Waals surface area contributed by atoms with Gasteiger partial charge in [0, 0.05) is 38.7 Å². The molecule has 0 aliphatic carbocycles. The largest absolute Gasteiger partial charge is 0.362 e. The van der Waals surface area contributed by atoms with E-state index in [9.17, 15) is 14.9 Å². The number of benzene rings is 2. The highest BCUT2D eigenvalue weighted by atomic mass is 16.6. The molecule has 0 spiro atoms. The van der Waals surface area contributed by atoms with Crippen LogP contribution in [0.2, 0.25) is 0 Å². The van der Waals surface area contributed by atoms with Gasteiger partial charge in [-0.1, -0.05) is 42.5 Å². The van der Waals surface area contributed by atoms with Crippen molar-refractivity contribution in [2.24, 2.45) is 0 Å². The summed E-state index contributed by atoms with van der Waals surface area (Å²) < 4.78 is 0. The molecule has 1 saturated heterocycles. The lowest BCUT2D eigenvalue weighted by Gasteiger charge is -2.35. The van der Waals surface area contributed by atoms with E-state index in [4.69, 9.17) is 0 Å². The zero-order valence-corrected chi connectivity index (χ0v) is 14.0. The molecular weight excluding hydrogens is 318 g/mol. The maximum Gasteiger partial charge on any atom is 0.292 e. The minimum Gasteiger partial charge on any atom is -0.362 e. The number of carbonyl (C=O) groups excluding carboxylic acids is 1. The van der Waals surface area contributed by atoms with E-state index in [-0.39, 0.29) is 16.5 Å². The molecule has 6 nitrogen and oxygen atoms in total. The SMILES string of the molecule is O=C(CCc1ccccc1)N1CCN(c2ccccc2[N+](=O)[O-])CC1. The van der Waals surface area contributed by atoms with Crippen LogP contribution in [0.3, 0.4) is 0 Å². The van der Waals surface area contributed by atoms with E-state index < -0.39 is 0 Å². The number of nitrogens with zero attached hydrogens (tertiary/aromatic N) is 3. The zero-order chi connectivity index (χ0) is 17.6. The maximum atomic E-state index is 12.4. The van der Waals surface area contributed by atoms with Crippen molar-refractivity contribution in [1.29, 1.82) is 0 Å². The van der Waals surface area contributed by atoms with Crippen molar-refractivity contribution >= 4 is 17.3 Å². The van der Waals surface area contributed by atoms with E-state index in [1.165, 1.54) is 6.07 Å². The van der Waals surface area contributed by atoms with E-state index in [1.54, 1.807) is 18.2 Å². The van der Waals surface area contributed by atoms with Crippen LogP contribution < -0.4 is 4.90 Å². The minimum absolute atomic E-state index is 0.117.